The highest BCUT2D eigenvalue weighted by molar-refractivity contribution is 8.01. The normalized spacial score (nSPS) is 16.4. The van der Waals surface area contributed by atoms with Gasteiger partial charge in [0.15, 0.2) is 0 Å². The number of thioether (sulfide) groups is 1. The Morgan fingerprint density at radius 1 is 1.26 bits per heavy atom. The SMILES string of the molecule is COc1cccc2nc(CN3C(=O)C(CC(=O)O)Sc4ccccc43)sc12. The fourth-order valence-electron chi connectivity index (χ4n) is 3.06. The lowest BCUT2D eigenvalue weighted by molar-refractivity contribution is -0.138. The van der Waals surface area contributed by atoms with Crippen molar-refractivity contribution in [2.75, 3.05) is 12.0 Å². The molecule has 0 saturated carbocycles. The van der Waals surface area contributed by atoms with Gasteiger partial charge in [0.2, 0.25) is 5.91 Å². The first-order valence-corrected chi connectivity index (χ1v) is 9.97. The van der Waals surface area contributed by atoms with Crippen LogP contribution in [0.5, 0.6) is 5.75 Å². The summed E-state index contributed by atoms with van der Waals surface area (Å²) in [5.74, 6) is -0.432. The van der Waals surface area contributed by atoms with Gasteiger partial charge in [-0.05, 0) is 24.3 Å². The Kier molecular flexibility index (Phi) is 4.75. The molecular weight excluding hydrogens is 384 g/mol. The zero-order valence-corrected chi connectivity index (χ0v) is 16.0. The fraction of sp³-hybridized carbons (Fsp3) is 0.211. The standard InChI is InChI=1S/C19H16N2O4S2/c1-25-13-7-4-5-11-18(13)27-16(20-11)10-21-12-6-2-3-8-14(12)26-15(19(21)24)9-17(22)23/h2-8,15H,9-10H2,1H3,(H,22,23). The van der Waals surface area contributed by atoms with Crippen LogP contribution in [0.3, 0.4) is 0 Å². The van der Waals surface area contributed by atoms with E-state index < -0.39 is 11.2 Å². The van der Waals surface area contributed by atoms with Crippen molar-refractivity contribution in [3.63, 3.8) is 0 Å². The number of aromatic nitrogens is 1. The van der Waals surface area contributed by atoms with Gasteiger partial charge >= 0.3 is 5.97 Å². The van der Waals surface area contributed by atoms with Crippen LogP contribution in [-0.4, -0.2) is 34.3 Å². The predicted molar refractivity (Wildman–Crippen MR) is 106 cm³/mol. The van der Waals surface area contributed by atoms with Gasteiger partial charge in [-0.1, -0.05) is 18.2 Å². The minimum atomic E-state index is -0.982. The van der Waals surface area contributed by atoms with Gasteiger partial charge in [-0.2, -0.15) is 0 Å². The van der Waals surface area contributed by atoms with Crippen LogP contribution in [0.4, 0.5) is 5.69 Å². The number of thiazole rings is 1. The molecule has 0 bridgehead atoms. The Hall–Kier alpha value is -2.58. The molecule has 0 radical (unpaired) electrons. The van der Waals surface area contributed by atoms with Gasteiger partial charge in [0.1, 0.15) is 10.8 Å². The summed E-state index contributed by atoms with van der Waals surface area (Å²) in [5.41, 5.74) is 1.61. The monoisotopic (exact) mass is 400 g/mol. The molecule has 1 atom stereocenters. The number of rotatable bonds is 5. The first-order chi connectivity index (χ1) is 13.1. The molecule has 4 rings (SSSR count). The lowest BCUT2D eigenvalue weighted by Gasteiger charge is -2.32. The lowest BCUT2D eigenvalue weighted by Crippen LogP contribution is -2.41. The Morgan fingerprint density at radius 2 is 2.07 bits per heavy atom. The molecule has 0 spiro atoms. The number of carboxylic acids is 1. The second-order valence-electron chi connectivity index (χ2n) is 6.01. The predicted octanol–water partition coefficient (Wildman–Crippen LogP) is 3.79. The van der Waals surface area contributed by atoms with Crippen molar-refractivity contribution in [1.82, 2.24) is 4.98 Å². The Balaban J connectivity index is 1.71. The zero-order chi connectivity index (χ0) is 19.0. The molecule has 0 aliphatic carbocycles. The van der Waals surface area contributed by atoms with Crippen LogP contribution in [0.2, 0.25) is 0 Å². The Morgan fingerprint density at radius 3 is 2.85 bits per heavy atom. The summed E-state index contributed by atoms with van der Waals surface area (Å²) in [4.78, 5) is 31.3. The molecule has 1 unspecified atom stereocenters. The first-order valence-electron chi connectivity index (χ1n) is 8.28. The molecule has 2 heterocycles. The van der Waals surface area contributed by atoms with Crippen LogP contribution >= 0.6 is 23.1 Å². The Labute approximate surface area is 163 Å². The highest BCUT2D eigenvalue weighted by atomic mass is 32.2. The van der Waals surface area contributed by atoms with Crippen LogP contribution in [0, 0.1) is 0 Å². The maximum absolute atomic E-state index is 13.0. The summed E-state index contributed by atoms with van der Waals surface area (Å²) in [6.45, 7) is 0.301. The van der Waals surface area contributed by atoms with E-state index in [2.05, 4.69) is 4.98 Å². The van der Waals surface area contributed by atoms with E-state index in [-0.39, 0.29) is 12.3 Å². The third-order valence-electron chi connectivity index (χ3n) is 4.26. The highest BCUT2D eigenvalue weighted by Gasteiger charge is 2.35. The van der Waals surface area contributed by atoms with Gasteiger partial charge in [0, 0.05) is 4.90 Å². The largest absolute Gasteiger partial charge is 0.495 e. The molecule has 1 aliphatic heterocycles. The third kappa shape index (κ3) is 3.38. The number of fused-ring (bicyclic) bond motifs is 2. The number of nitrogens with zero attached hydrogens (tertiary/aromatic N) is 2. The molecule has 6 nitrogen and oxygen atoms in total. The van der Waals surface area contributed by atoms with Crippen molar-refractivity contribution in [3.8, 4) is 5.75 Å². The molecule has 1 amide bonds. The van der Waals surface area contributed by atoms with E-state index in [1.54, 1.807) is 12.0 Å². The number of hydrogen-bond donors (Lipinski definition) is 1. The zero-order valence-electron chi connectivity index (χ0n) is 14.4. The van der Waals surface area contributed by atoms with Gasteiger partial charge < -0.3 is 14.7 Å². The summed E-state index contributed by atoms with van der Waals surface area (Å²) >= 11 is 2.79. The lowest BCUT2D eigenvalue weighted by atomic mass is 10.2. The molecule has 1 aromatic heterocycles. The minimum absolute atomic E-state index is 0.202. The quantitative estimate of drug-likeness (QED) is 0.702. The number of anilines is 1. The molecule has 8 heteroatoms. The molecular formula is C19H16N2O4S2. The third-order valence-corrected chi connectivity index (χ3v) is 6.59. The second kappa shape index (κ2) is 7.21. The van der Waals surface area contributed by atoms with E-state index in [0.717, 1.165) is 31.6 Å². The van der Waals surface area contributed by atoms with Crippen LogP contribution in [0.1, 0.15) is 11.4 Å². The van der Waals surface area contributed by atoms with Crippen molar-refractivity contribution < 1.29 is 19.4 Å². The molecule has 0 saturated heterocycles. The number of amides is 1. The average molecular weight is 400 g/mol. The molecule has 1 aliphatic rings. The number of para-hydroxylation sites is 1. The Bertz CT molecular complexity index is 1030. The number of carboxylic acid groups (broad SMARTS) is 1. The number of carbonyl (C=O) groups excluding carboxylic acids is 1. The van der Waals surface area contributed by atoms with Crippen molar-refractivity contribution in [1.29, 1.82) is 0 Å². The van der Waals surface area contributed by atoms with E-state index in [1.165, 1.54) is 23.1 Å². The van der Waals surface area contributed by atoms with Crippen LogP contribution in [0.15, 0.2) is 47.4 Å². The van der Waals surface area contributed by atoms with Crippen LogP contribution in [-0.2, 0) is 16.1 Å². The summed E-state index contributed by atoms with van der Waals surface area (Å²) in [6.07, 6.45) is -0.206. The molecule has 3 aromatic rings. The molecule has 1 N–H and O–H groups in total. The van der Waals surface area contributed by atoms with E-state index in [4.69, 9.17) is 9.84 Å². The second-order valence-corrected chi connectivity index (χ2v) is 8.34. The molecule has 0 fully saturated rings. The number of hydrogen-bond acceptors (Lipinski definition) is 6. The minimum Gasteiger partial charge on any atom is -0.495 e. The highest BCUT2D eigenvalue weighted by Crippen LogP contribution is 2.41. The number of methoxy groups -OCH3 is 1. The maximum Gasteiger partial charge on any atom is 0.305 e. The van der Waals surface area contributed by atoms with Gasteiger partial charge in [0.25, 0.3) is 0 Å². The molecule has 27 heavy (non-hydrogen) atoms. The molecule has 2 aromatic carbocycles. The van der Waals surface area contributed by atoms with Crippen molar-refractivity contribution >= 4 is 50.9 Å². The summed E-state index contributed by atoms with van der Waals surface area (Å²) in [5, 5.41) is 9.29. The van der Waals surface area contributed by atoms with Crippen LogP contribution in [0.25, 0.3) is 10.2 Å². The first kappa shape index (κ1) is 17.8. The van der Waals surface area contributed by atoms with E-state index >= 15 is 0 Å². The van der Waals surface area contributed by atoms with Gasteiger partial charge in [-0.25, -0.2) is 4.98 Å². The van der Waals surface area contributed by atoms with Crippen molar-refractivity contribution in [3.05, 3.63) is 47.5 Å². The van der Waals surface area contributed by atoms with Gasteiger partial charge in [-0.15, -0.1) is 23.1 Å². The van der Waals surface area contributed by atoms with E-state index in [1.807, 2.05) is 42.5 Å². The van der Waals surface area contributed by atoms with E-state index in [0.29, 0.717) is 6.54 Å². The summed E-state index contributed by atoms with van der Waals surface area (Å²) < 4.78 is 6.32. The number of carbonyl (C=O) groups is 2. The molecule has 138 valence electrons. The van der Waals surface area contributed by atoms with Crippen LogP contribution < -0.4 is 9.64 Å². The van der Waals surface area contributed by atoms with Crippen molar-refractivity contribution in [2.45, 2.75) is 23.1 Å². The van der Waals surface area contributed by atoms with E-state index in [9.17, 15) is 9.59 Å². The number of aliphatic carboxylic acids is 1. The summed E-state index contributed by atoms with van der Waals surface area (Å²) in [7, 11) is 1.62. The fourth-order valence-corrected chi connectivity index (χ4v) is 5.32. The topological polar surface area (TPSA) is 79.7 Å². The number of ether oxygens (including phenoxy) is 1. The smallest absolute Gasteiger partial charge is 0.305 e. The van der Waals surface area contributed by atoms with Gasteiger partial charge in [-0.3, -0.25) is 9.59 Å². The average Bonchev–Trinajstić information content (AvgIpc) is 3.07. The summed E-state index contributed by atoms with van der Waals surface area (Å²) in [6, 6.07) is 13.2. The number of benzene rings is 2. The van der Waals surface area contributed by atoms with Gasteiger partial charge in [0.05, 0.1) is 41.2 Å². The maximum atomic E-state index is 13.0. The van der Waals surface area contributed by atoms with Crippen molar-refractivity contribution in [2.24, 2.45) is 0 Å².